The zero-order valence-corrected chi connectivity index (χ0v) is 11.3. The third kappa shape index (κ3) is 2.96. The molecule has 0 atom stereocenters. The molecule has 0 unspecified atom stereocenters. The Morgan fingerprint density at radius 1 is 1.23 bits per heavy atom. The second-order valence-electron chi connectivity index (χ2n) is 4.06. The number of aromatic nitrogens is 1. The number of carboxylic acids is 2. The van der Waals surface area contributed by atoms with Crippen molar-refractivity contribution in [1.82, 2.24) is 4.98 Å². The first-order valence-corrected chi connectivity index (χ1v) is 6.01. The lowest BCUT2D eigenvalue weighted by molar-refractivity contribution is -0.312. The van der Waals surface area contributed by atoms with Crippen molar-refractivity contribution in [3.05, 3.63) is 46.8 Å². The summed E-state index contributed by atoms with van der Waals surface area (Å²) in [6.07, 6.45) is 1.69. The van der Waals surface area contributed by atoms with Gasteiger partial charge in [-0.05, 0) is 12.1 Å². The highest BCUT2D eigenvalue weighted by Gasteiger charge is 2.13. The quantitative estimate of drug-likeness (QED) is 0.366. The van der Waals surface area contributed by atoms with Gasteiger partial charge in [0.1, 0.15) is 16.4 Å². The van der Waals surface area contributed by atoms with E-state index >= 15 is 0 Å². The maximum atomic E-state index is 13.7. The molecule has 6 nitrogen and oxygen atoms in total. The number of pyridine rings is 1. The number of carbonyl (C=O) groups excluding carboxylic acids is 2. The van der Waals surface area contributed by atoms with E-state index in [0.717, 1.165) is 12.3 Å². The molecule has 1 N–H and O–H groups in total. The minimum atomic E-state index is -1.95. The van der Waals surface area contributed by atoms with Crippen LogP contribution in [0.5, 0.6) is 0 Å². The molecule has 114 valence electrons. The van der Waals surface area contributed by atoms with E-state index in [2.05, 4.69) is 10.3 Å². The van der Waals surface area contributed by atoms with Crippen LogP contribution < -0.4 is 15.5 Å². The van der Waals surface area contributed by atoms with E-state index < -0.39 is 34.2 Å². The number of carbonyl (C=O) groups is 2. The number of aliphatic carboxylic acids is 2. The fourth-order valence-electron chi connectivity index (χ4n) is 1.62. The normalized spacial score (nSPS) is 10.3. The van der Waals surface area contributed by atoms with E-state index in [1.807, 2.05) is 0 Å². The van der Waals surface area contributed by atoms with Crippen LogP contribution in [0.2, 0.25) is 5.02 Å². The molecule has 0 aliphatic heterocycles. The standard InChI is InChI=1S/C13H7ClF2N2O4/c14-9-8(15)2-5-1-6(3-18-11(5)10(9)16)17-4-7(12(19)20)13(21)22/h1-4,17H,(H,19,20)(H,21,22)/p-2. The van der Waals surface area contributed by atoms with Crippen LogP contribution in [0.1, 0.15) is 0 Å². The van der Waals surface area contributed by atoms with Crippen molar-refractivity contribution >= 4 is 40.1 Å². The van der Waals surface area contributed by atoms with Crippen LogP contribution in [-0.4, -0.2) is 16.9 Å². The maximum absolute atomic E-state index is 13.7. The molecule has 0 fully saturated rings. The molecule has 2 rings (SSSR count). The average Bonchev–Trinajstić information content (AvgIpc) is 2.44. The SMILES string of the molecule is O=C([O-])C(=CNc1cnc2c(F)c(Cl)c(F)cc2c1)C(=O)[O-]. The van der Waals surface area contributed by atoms with Crippen LogP contribution in [0, 0.1) is 11.6 Å². The summed E-state index contributed by atoms with van der Waals surface area (Å²) in [5.41, 5.74) is -1.23. The van der Waals surface area contributed by atoms with Gasteiger partial charge in [0.25, 0.3) is 0 Å². The van der Waals surface area contributed by atoms with Gasteiger partial charge in [0, 0.05) is 17.2 Å². The van der Waals surface area contributed by atoms with E-state index in [1.54, 1.807) is 0 Å². The number of carboxylic acid groups (broad SMARTS) is 2. The highest BCUT2D eigenvalue weighted by atomic mass is 35.5. The lowest BCUT2D eigenvalue weighted by Gasteiger charge is -2.10. The summed E-state index contributed by atoms with van der Waals surface area (Å²) in [7, 11) is 0. The Morgan fingerprint density at radius 3 is 2.45 bits per heavy atom. The number of hydrogen-bond acceptors (Lipinski definition) is 6. The van der Waals surface area contributed by atoms with Crippen LogP contribution in [0.4, 0.5) is 14.5 Å². The second-order valence-corrected chi connectivity index (χ2v) is 4.44. The number of nitrogens with zero attached hydrogens (tertiary/aromatic N) is 1. The first-order valence-electron chi connectivity index (χ1n) is 5.64. The average molecular weight is 327 g/mol. The zero-order chi connectivity index (χ0) is 16.4. The monoisotopic (exact) mass is 326 g/mol. The fourth-order valence-corrected chi connectivity index (χ4v) is 1.76. The Balaban J connectivity index is 2.42. The van der Waals surface area contributed by atoms with Gasteiger partial charge in [-0.3, -0.25) is 4.98 Å². The van der Waals surface area contributed by atoms with Crippen molar-refractivity contribution < 1.29 is 28.6 Å². The molecular formula is C13H5ClF2N2O4-2. The van der Waals surface area contributed by atoms with Gasteiger partial charge in [-0.1, -0.05) is 11.6 Å². The Hall–Kier alpha value is -2.74. The van der Waals surface area contributed by atoms with Crippen LogP contribution in [0.15, 0.2) is 30.1 Å². The zero-order valence-electron chi connectivity index (χ0n) is 10.5. The maximum Gasteiger partial charge on any atom is 0.170 e. The Morgan fingerprint density at radius 2 is 1.86 bits per heavy atom. The van der Waals surface area contributed by atoms with Gasteiger partial charge in [0.15, 0.2) is 5.82 Å². The molecule has 0 bridgehead atoms. The summed E-state index contributed by atoms with van der Waals surface area (Å²) in [6, 6.07) is 2.16. The van der Waals surface area contributed by atoms with Gasteiger partial charge in [-0.2, -0.15) is 0 Å². The van der Waals surface area contributed by atoms with Crippen molar-refractivity contribution in [1.29, 1.82) is 0 Å². The summed E-state index contributed by atoms with van der Waals surface area (Å²) in [6.45, 7) is 0. The van der Waals surface area contributed by atoms with E-state index in [0.29, 0.717) is 6.20 Å². The van der Waals surface area contributed by atoms with Crippen molar-refractivity contribution in [2.24, 2.45) is 0 Å². The molecule has 1 heterocycles. The van der Waals surface area contributed by atoms with Crippen molar-refractivity contribution in [2.75, 3.05) is 5.32 Å². The number of halogens is 3. The molecule has 0 aliphatic rings. The summed E-state index contributed by atoms with van der Waals surface area (Å²) in [5, 5.41) is 22.7. The van der Waals surface area contributed by atoms with Crippen LogP contribution in [0.3, 0.4) is 0 Å². The van der Waals surface area contributed by atoms with E-state index in [9.17, 15) is 28.6 Å². The predicted molar refractivity (Wildman–Crippen MR) is 68.4 cm³/mol. The molecule has 0 radical (unpaired) electrons. The van der Waals surface area contributed by atoms with E-state index in [1.165, 1.54) is 6.07 Å². The van der Waals surface area contributed by atoms with Gasteiger partial charge in [-0.25, -0.2) is 8.78 Å². The fraction of sp³-hybridized carbons (Fsp3) is 0. The second kappa shape index (κ2) is 5.94. The third-order valence-corrected chi connectivity index (χ3v) is 2.98. The third-order valence-electron chi connectivity index (χ3n) is 2.63. The Bertz CT molecular complexity index is 807. The van der Waals surface area contributed by atoms with Gasteiger partial charge in [0.2, 0.25) is 0 Å². The molecule has 1 aromatic carbocycles. The highest BCUT2D eigenvalue weighted by Crippen LogP contribution is 2.27. The number of hydrogen-bond donors (Lipinski definition) is 1. The topological polar surface area (TPSA) is 105 Å². The first kappa shape index (κ1) is 15.6. The van der Waals surface area contributed by atoms with Crippen LogP contribution >= 0.6 is 11.6 Å². The molecular weight excluding hydrogens is 322 g/mol. The minimum absolute atomic E-state index is 0.0428. The lowest BCUT2D eigenvalue weighted by Crippen LogP contribution is -2.36. The predicted octanol–water partition coefficient (Wildman–Crippen LogP) is -0.0380. The Kier molecular flexibility index (Phi) is 4.22. The molecule has 1 aromatic heterocycles. The van der Waals surface area contributed by atoms with E-state index in [-0.39, 0.29) is 16.6 Å². The van der Waals surface area contributed by atoms with Crippen LogP contribution in [-0.2, 0) is 9.59 Å². The summed E-state index contributed by atoms with van der Waals surface area (Å²) in [4.78, 5) is 24.8. The highest BCUT2D eigenvalue weighted by molar-refractivity contribution is 6.31. The Labute approximate surface area is 126 Å². The number of anilines is 1. The van der Waals surface area contributed by atoms with Gasteiger partial charge >= 0.3 is 0 Å². The molecule has 0 aliphatic carbocycles. The van der Waals surface area contributed by atoms with E-state index in [4.69, 9.17) is 11.6 Å². The van der Waals surface area contributed by atoms with Gasteiger partial charge < -0.3 is 25.1 Å². The number of nitrogens with one attached hydrogen (secondary N) is 1. The smallest absolute Gasteiger partial charge is 0.170 e. The molecule has 9 heteroatoms. The molecule has 2 aromatic rings. The first-order chi connectivity index (χ1) is 10.3. The molecule has 0 spiro atoms. The summed E-state index contributed by atoms with van der Waals surface area (Å²) < 4.78 is 27.0. The van der Waals surface area contributed by atoms with Crippen molar-refractivity contribution in [2.45, 2.75) is 0 Å². The van der Waals surface area contributed by atoms with Crippen molar-refractivity contribution in [3.8, 4) is 0 Å². The van der Waals surface area contributed by atoms with Gasteiger partial charge in [0.05, 0.1) is 23.8 Å². The summed E-state index contributed by atoms with van der Waals surface area (Å²) in [5.74, 6) is -5.94. The summed E-state index contributed by atoms with van der Waals surface area (Å²) >= 11 is 5.41. The lowest BCUT2D eigenvalue weighted by atomic mass is 10.2. The minimum Gasteiger partial charge on any atom is -0.545 e. The largest absolute Gasteiger partial charge is 0.545 e. The number of fused-ring (bicyclic) bond motifs is 1. The molecule has 0 saturated heterocycles. The molecule has 22 heavy (non-hydrogen) atoms. The molecule has 0 saturated carbocycles. The number of rotatable bonds is 4. The number of benzene rings is 1. The molecule has 0 amide bonds. The van der Waals surface area contributed by atoms with Crippen LogP contribution in [0.25, 0.3) is 10.9 Å². The van der Waals surface area contributed by atoms with Crippen molar-refractivity contribution in [3.63, 3.8) is 0 Å². The van der Waals surface area contributed by atoms with Gasteiger partial charge in [-0.15, -0.1) is 0 Å².